The molecule has 1 N–H and O–H groups in total. The Kier molecular flexibility index (Phi) is 5.39. The van der Waals surface area contributed by atoms with E-state index in [-0.39, 0.29) is 12.3 Å². The minimum absolute atomic E-state index is 0.0101. The molecule has 4 rings (SSSR count). The number of methoxy groups -OCH3 is 1. The van der Waals surface area contributed by atoms with Crippen LogP contribution in [0.15, 0.2) is 23.6 Å². The molecule has 0 aliphatic heterocycles. The summed E-state index contributed by atoms with van der Waals surface area (Å²) in [5, 5.41) is 16.2. The second-order valence-corrected chi connectivity index (χ2v) is 7.86. The molecule has 1 aromatic carbocycles. The maximum atomic E-state index is 12.5. The van der Waals surface area contributed by atoms with E-state index in [1.54, 1.807) is 7.05 Å². The Morgan fingerprint density at radius 1 is 1.24 bits per heavy atom. The quantitative estimate of drug-likeness (QED) is 0.648. The fraction of sp³-hybridized carbons (Fsp3) is 0.350. The smallest absolute Gasteiger partial charge is 0.341 e. The molecule has 2 heterocycles. The number of amides is 1. The third kappa shape index (κ3) is 3.91. The molecule has 1 aliphatic rings. The molecule has 0 saturated heterocycles. The van der Waals surface area contributed by atoms with E-state index in [1.807, 2.05) is 11.4 Å². The standard InChI is InChI=1S/C20H21N5O3S/c1-25-16(22-23-24-25)10-17(26)21-19-18(20(27)28-2)15(11-29-19)14-8-7-12-5-3-4-6-13(12)9-14/h7-9,11H,3-6,10H2,1-2H3,(H,21,26). The number of anilines is 1. The second kappa shape index (κ2) is 8.12. The van der Waals surface area contributed by atoms with Crippen molar-refractivity contribution in [2.24, 2.45) is 7.05 Å². The van der Waals surface area contributed by atoms with Crippen LogP contribution in [0.3, 0.4) is 0 Å². The first kappa shape index (κ1) is 19.3. The van der Waals surface area contributed by atoms with Gasteiger partial charge in [0.05, 0.1) is 13.5 Å². The number of hydrogen-bond acceptors (Lipinski definition) is 7. The minimum Gasteiger partial charge on any atom is -0.465 e. The van der Waals surface area contributed by atoms with Crippen molar-refractivity contribution in [2.75, 3.05) is 12.4 Å². The van der Waals surface area contributed by atoms with Crippen LogP contribution >= 0.6 is 11.3 Å². The predicted molar refractivity (Wildman–Crippen MR) is 109 cm³/mol. The first-order valence-electron chi connectivity index (χ1n) is 9.40. The average Bonchev–Trinajstić information content (AvgIpc) is 3.33. The minimum atomic E-state index is -0.477. The van der Waals surface area contributed by atoms with Crippen molar-refractivity contribution in [3.63, 3.8) is 0 Å². The van der Waals surface area contributed by atoms with Gasteiger partial charge >= 0.3 is 5.97 Å². The highest BCUT2D eigenvalue weighted by Gasteiger charge is 2.23. The van der Waals surface area contributed by atoms with Gasteiger partial charge in [-0.1, -0.05) is 18.2 Å². The largest absolute Gasteiger partial charge is 0.465 e. The number of benzene rings is 1. The summed E-state index contributed by atoms with van der Waals surface area (Å²) in [6.45, 7) is 0. The van der Waals surface area contributed by atoms with Crippen LogP contribution in [0.2, 0.25) is 0 Å². The van der Waals surface area contributed by atoms with E-state index in [2.05, 4.69) is 33.0 Å². The van der Waals surface area contributed by atoms with Gasteiger partial charge in [0, 0.05) is 18.0 Å². The summed E-state index contributed by atoms with van der Waals surface area (Å²) >= 11 is 1.31. The summed E-state index contributed by atoms with van der Waals surface area (Å²) in [7, 11) is 3.01. The molecule has 0 saturated carbocycles. The molecule has 150 valence electrons. The van der Waals surface area contributed by atoms with Crippen molar-refractivity contribution >= 4 is 28.2 Å². The van der Waals surface area contributed by atoms with Gasteiger partial charge < -0.3 is 10.1 Å². The number of thiophene rings is 1. The average molecular weight is 411 g/mol. The molecule has 8 nitrogen and oxygen atoms in total. The molecule has 3 aromatic rings. The fourth-order valence-corrected chi connectivity index (χ4v) is 4.55. The number of tetrazole rings is 1. The van der Waals surface area contributed by atoms with E-state index in [4.69, 9.17) is 4.74 Å². The van der Waals surface area contributed by atoms with E-state index in [1.165, 1.54) is 47.1 Å². The zero-order chi connectivity index (χ0) is 20.4. The maximum absolute atomic E-state index is 12.5. The number of nitrogens with one attached hydrogen (secondary N) is 1. The Morgan fingerprint density at radius 3 is 2.76 bits per heavy atom. The number of hydrogen-bond donors (Lipinski definition) is 1. The maximum Gasteiger partial charge on any atom is 0.341 e. The normalized spacial score (nSPS) is 13.0. The first-order chi connectivity index (χ1) is 14.1. The molecule has 0 fully saturated rings. The number of ether oxygens (including phenoxy) is 1. The van der Waals surface area contributed by atoms with E-state index in [0.29, 0.717) is 16.4 Å². The van der Waals surface area contributed by atoms with Gasteiger partial charge in [-0.25, -0.2) is 9.48 Å². The number of aromatic nitrogens is 4. The summed E-state index contributed by atoms with van der Waals surface area (Å²) in [5.41, 5.74) is 4.81. The highest BCUT2D eigenvalue weighted by atomic mass is 32.1. The van der Waals surface area contributed by atoms with E-state index < -0.39 is 5.97 Å². The van der Waals surface area contributed by atoms with Gasteiger partial charge in [-0.2, -0.15) is 0 Å². The Morgan fingerprint density at radius 2 is 2.03 bits per heavy atom. The lowest BCUT2D eigenvalue weighted by molar-refractivity contribution is -0.115. The Hall–Kier alpha value is -3.07. The zero-order valence-electron chi connectivity index (χ0n) is 16.3. The van der Waals surface area contributed by atoms with Crippen molar-refractivity contribution in [1.82, 2.24) is 20.2 Å². The lowest BCUT2D eigenvalue weighted by atomic mass is 9.89. The summed E-state index contributed by atoms with van der Waals surface area (Å²) in [4.78, 5) is 25.0. The Balaban J connectivity index is 1.64. The topological polar surface area (TPSA) is 99.0 Å². The van der Waals surface area contributed by atoms with Crippen LogP contribution in [0.25, 0.3) is 11.1 Å². The molecule has 0 unspecified atom stereocenters. The molecule has 9 heteroatoms. The Bertz CT molecular complexity index is 1070. The molecule has 1 aliphatic carbocycles. The number of fused-ring (bicyclic) bond motifs is 1. The summed E-state index contributed by atoms with van der Waals surface area (Å²) < 4.78 is 6.43. The third-order valence-corrected chi connectivity index (χ3v) is 6.01. The van der Waals surface area contributed by atoms with Gasteiger partial charge in [0.2, 0.25) is 5.91 Å². The van der Waals surface area contributed by atoms with E-state index in [0.717, 1.165) is 24.0 Å². The number of nitrogens with zero attached hydrogens (tertiary/aromatic N) is 4. The van der Waals surface area contributed by atoms with E-state index >= 15 is 0 Å². The highest BCUT2D eigenvalue weighted by Crippen LogP contribution is 2.37. The second-order valence-electron chi connectivity index (χ2n) is 6.98. The van der Waals surface area contributed by atoms with Gasteiger partial charge in [0.15, 0.2) is 5.82 Å². The molecule has 0 radical (unpaired) electrons. The zero-order valence-corrected chi connectivity index (χ0v) is 17.1. The molecule has 29 heavy (non-hydrogen) atoms. The molecule has 0 atom stereocenters. The molecule has 0 bridgehead atoms. The van der Waals surface area contributed by atoms with Crippen LogP contribution in [0.1, 0.15) is 40.2 Å². The number of carbonyl (C=O) groups is 2. The van der Waals surface area contributed by atoms with Gasteiger partial charge in [-0.15, -0.1) is 16.4 Å². The van der Waals surface area contributed by atoms with Gasteiger partial charge in [0.1, 0.15) is 10.6 Å². The van der Waals surface area contributed by atoms with Crippen molar-refractivity contribution < 1.29 is 14.3 Å². The van der Waals surface area contributed by atoms with Crippen LogP contribution in [0, 0.1) is 0 Å². The lowest BCUT2D eigenvalue weighted by Gasteiger charge is -2.16. The molecule has 2 aromatic heterocycles. The molecular weight excluding hydrogens is 390 g/mol. The molecule has 0 spiro atoms. The Labute approximate surface area is 171 Å². The lowest BCUT2D eigenvalue weighted by Crippen LogP contribution is -2.18. The number of carbonyl (C=O) groups excluding carboxylic acids is 2. The fourth-order valence-electron chi connectivity index (χ4n) is 3.58. The van der Waals surface area contributed by atoms with Crippen molar-refractivity contribution in [2.45, 2.75) is 32.1 Å². The SMILES string of the molecule is COC(=O)c1c(-c2ccc3c(c2)CCCC3)csc1NC(=O)Cc1nnnn1C. The first-order valence-corrected chi connectivity index (χ1v) is 10.3. The van der Waals surface area contributed by atoms with E-state index in [9.17, 15) is 9.59 Å². The van der Waals surface area contributed by atoms with Crippen molar-refractivity contribution in [3.05, 3.63) is 46.1 Å². The van der Waals surface area contributed by atoms with Crippen molar-refractivity contribution in [1.29, 1.82) is 0 Å². The number of rotatable bonds is 5. The number of aryl methyl sites for hydroxylation is 3. The van der Waals surface area contributed by atoms with Crippen LogP contribution in [0.4, 0.5) is 5.00 Å². The predicted octanol–water partition coefficient (Wildman–Crippen LogP) is 2.79. The molecular formula is C20H21N5O3S. The van der Waals surface area contributed by atoms with Crippen molar-refractivity contribution in [3.8, 4) is 11.1 Å². The van der Waals surface area contributed by atoms with Crippen LogP contribution in [-0.2, 0) is 35.8 Å². The van der Waals surface area contributed by atoms with Gasteiger partial charge in [0.25, 0.3) is 0 Å². The van der Waals surface area contributed by atoms with Gasteiger partial charge in [-0.05, 0) is 52.8 Å². The van der Waals surface area contributed by atoms with Crippen LogP contribution < -0.4 is 5.32 Å². The summed E-state index contributed by atoms with van der Waals surface area (Å²) in [5.74, 6) is -0.338. The number of esters is 1. The van der Waals surface area contributed by atoms with Crippen LogP contribution in [-0.4, -0.2) is 39.2 Å². The van der Waals surface area contributed by atoms with Gasteiger partial charge in [-0.3, -0.25) is 4.79 Å². The third-order valence-electron chi connectivity index (χ3n) is 5.12. The molecule has 1 amide bonds. The monoisotopic (exact) mass is 411 g/mol. The summed E-state index contributed by atoms with van der Waals surface area (Å²) in [6, 6.07) is 6.33. The van der Waals surface area contributed by atoms with Crippen LogP contribution in [0.5, 0.6) is 0 Å². The summed E-state index contributed by atoms with van der Waals surface area (Å²) in [6.07, 6.45) is 4.56. The highest BCUT2D eigenvalue weighted by molar-refractivity contribution is 7.15.